The van der Waals surface area contributed by atoms with Crippen molar-refractivity contribution in [3.63, 3.8) is 0 Å². The second-order valence-corrected chi connectivity index (χ2v) is 4.20. The Morgan fingerprint density at radius 1 is 1.24 bits per heavy atom. The third-order valence-electron chi connectivity index (χ3n) is 2.89. The smallest absolute Gasteiger partial charge is 0.338 e. The summed E-state index contributed by atoms with van der Waals surface area (Å²) in [5.74, 6) is -1.94. The lowest BCUT2D eigenvalue weighted by molar-refractivity contribution is -0.171. The van der Waals surface area contributed by atoms with Crippen molar-refractivity contribution in [2.24, 2.45) is 5.92 Å². The number of likely N-dealkylation sites (tertiary alicyclic amines) is 1. The third-order valence-corrected chi connectivity index (χ3v) is 2.89. The van der Waals surface area contributed by atoms with Gasteiger partial charge in [0.2, 0.25) is 5.91 Å². The van der Waals surface area contributed by atoms with Gasteiger partial charge in [-0.3, -0.25) is 4.79 Å². The molecule has 0 aromatic heterocycles. The van der Waals surface area contributed by atoms with E-state index < -0.39 is 24.4 Å². The monoisotopic (exact) mass is 243 g/mol. The van der Waals surface area contributed by atoms with Crippen LogP contribution in [0.4, 0.5) is 13.2 Å². The van der Waals surface area contributed by atoms with Crippen LogP contribution in [0.15, 0.2) is 30.3 Å². The number of carbonyl (C=O) groups is 1. The summed E-state index contributed by atoms with van der Waals surface area (Å²) in [6.45, 7) is 0.0312. The van der Waals surface area contributed by atoms with Crippen LogP contribution in [0.25, 0.3) is 0 Å². The van der Waals surface area contributed by atoms with Gasteiger partial charge >= 0.3 is 6.18 Å². The molecule has 1 heterocycles. The van der Waals surface area contributed by atoms with Gasteiger partial charge in [0, 0.05) is 19.5 Å². The minimum Gasteiger partial charge on any atom is -0.338 e. The number of halogens is 3. The van der Waals surface area contributed by atoms with Gasteiger partial charge in [0.05, 0.1) is 5.92 Å². The second kappa shape index (κ2) is 4.39. The lowest BCUT2D eigenvalue weighted by Crippen LogP contribution is -2.28. The maximum absolute atomic E-state index is 12.5. The molecule has 1 saturated heterocycles. The Kier molecular flexibility index (Phi) is 3.09. The van der Waals surface area contributed by atoms with Crippen molar-refractivity contribution in [3.8, 4) is 0 Å². The number of hydrogen-bond acceptors (Lipinski definition) is 1. The maximum atomic E-state index is 12.5. The Morgan fingerprint density at radius 2 is 1.88 bits per heavy atom. The van der Waals surface area contributed by atoms with E-state index in [0.29, 0.717) is 0 Å². The summed E-state index contributed by atoms with van der Waals surface area (Å²) in [5.41, 5.74) is 0.851. The van der Waals surface area contributed by atoms with Crippen LogP contribution in [0.2, 0.25) is 0 Å². The molecule has 1 atom stereocenters. The van der Waals surface area contributed by atoms with Crippen molar-refractivity contribution < 1.29 is 18.0 Å². The van der Waals surface area contributed by atoms with Crippen LogP contribution in [-0.4, -0.2) is 23.5 Å². The number of rotatable bonds is 2. The Morgan fingerprint density at radius 3 is 2.41 bits per heavy atom. The molecular weight excluding hydrogens is 231 g/mol. The standard InChI is InChI=1S/C12H12F3NO/c13-12(14,15)10-6-11(17)16(8-10)7-9-4-2-1-3-5-9/h1-5,10H,6-8H2. The molecule has 1 aromatic rings. The first-order valence-electron chi connectivity index (χ1n) is 5.35. The van der Waals surface area contributed by atoms with E-state index in [1.165, 1.54) is 4.90 Å². The quantitative estimate of drug-likeness (QED) is 0.781. The number of hydrogen-bond donors (Lipinski definition) is 0. The average molecular weight is 243 g/mol. The molecule has 0 saturated carbocycles. The normalized spacial score (nSPS) is 21.0. The predicted octanol–water partition coefficient (Wildman–Crippen LogP) is 2.60. The Labute approximate surface area is 97.0 Å². The van der Waals surface area contributed by atoms with Crippen molar-refractivity contribution in [1.82, 2.24) is 4.90 Å². The van der Waals surface area contributed by atoms with Crippen molar-refractivity contribution in [2.75, 3.05) is 6.54 Å². The minimum absolute atomic E-state index is 0.225. The van der Waals surface area contributed by atoms with Gasteiger partial charge in [0.25, 0.3) is 0 Å². The van der Waals surface area contributed by atoms with Gasteiger partial charge in [-0.15, -0.1) is 0 Å². The number of alkyl halides is 3. The molecule has 0 N–H and O–H groups in total. The summed E-state index contributed by atoms with van der Waals surface area (Å²) in [7, 11) is 0. The van der Waals surface area contributed by atoms with Crippen molar-refractivity contribution >= 4 is 5.91 Å². The molecule has 0 spiro atoms. The molecule has 0 radical (unpaired) electrons. The summed E-state index contributed by atoms with van der Waals surface area (Å²) in [4.78, 5) is 12.7. The highest BCUT2D eigenvalue weighted by atomic mass is 19.4. The summed E-state index contributed by atoms with van der Waals surface area (Å²) < 4.78 is 37.4. The zero-order valence-corrected chi connectivity index (χ0v) is 9.07. The van der Waals surface area contributed by atoms with Crippen LogP contribution in [0.3, 0.4) is 0 Å². The lowest BCUT2D eigenvalue weighted by atomic mass is 10.1. The Balaban J connectivity index is 2.02. The van der Waals surface area contributed by atoms with E-state index in [9.17, 15) is 18.0 Å². The SMILES string of the molecule is O=C1CC(C(F)(F)F)CN1Cc1ccccc1. The molecule has 2 rings (SSSR count). The highest BCUT2D eigenvalue weighted by molar-refractivity contribution is 5.78. The first kappa shape index (κ1) is 12.0. The summed E-state index contributed by atoms with van der Waals surface area (Å²) in [6, 6.07) is 9.03. The fourth-order valence-corrected chi connectivity index (χ4v) is 1.95. The van der Waals surface area contributed by atoms with Crippen molar-refractivity contribution in [1.29, 1.82) is 0 Å². The molecular formula is C12H12F3NO. The maximum Gasteiger partial charge on any atom is 0.394 e. The zero-order chi connectivity index (χ0) is 12.5. The van der Waals surface area contributed by atoms with Crippen LogP contribution >= 0.6 is 0 Å². The van der Waals surface area contributed by atoms with Gasteiger partial charge in [-0.1, -0.05) is 30.3 Å². The minimum atomic E-state index is -4.28. The second-order valence-electron chi connectivity index (χ2n) is 4.20. The van der Waals surface area contributed by atoms with Crippen LogP contribution in [0, 0.1) is 5.92 Å². The van der Waals surface area contributed by atoms with Gasteiger partial charge in [-0.2, -0.15) is 13.2 Å². The number of nitrogens with zero attached hydrogens (tertiary/aromatic N) is 1. The third kappa shape index (κ3) is 2.78. The van der Waals surface area contributed by atoms with E-state index in [1.54, 1.807) is 24.3 Å². The first-order chi connectivity index (χ1) is 7.97. The van der Waals surface area contributed by atoms with Gasteiger partial charge in [0.1, 0.15) is 0 Å². The van der Waals surface area contributed by atoms with Crippen molar-refractivity contribution in [3.05, 3.63) is 35.9 Å². The van der Waals surface area contributed by atoms with E-state index in [1.807, 2.05) is 6.07 Å². The van der Waals surface area contributed by atoms with E-state index in [2.05, 4.69) is 0 Å². The fourth-order valence-electron chi connectivity index (χ4n) is 1.95. The number of carbonyl (C=O) groups excluding carboxylic acids is 1. The van der Waals surface area contributed by atoms with Gasteiger partial charge < -0.3 is 4.90 Å². The van der Waals surface area contributed by atoms with Crippen LogP contribution in [0.5, 0.6) is 0 Å². The molecule has 1 unspecified atom stereocenters. The molecule has 17 heavy (non-hydrogen) atoms. The molecule has 1 aliphatic heterocycles. The Bertz CT molecular complexity index is 402. The van der Waals surface area contributed by atoms with Gasteiger partial charge in [-0.25, -0.2) is 0 Å². The fraction of sp³-hybridized carbons (Fsp3) is 0.417. The molecule has 0 aliphatic carbocycles. The highest BCUT2D eigenvalue weighted by Crippen LogP contribution is 2.34. The summed E-state index contributed by atoms with van der Waals surface area (Å²) >= 11 is 0. The van der Waals surface area contributed by atoms with E-state index in [4.69, 9.17) is 0 Å². The van der Waals surface area contributed by atoms with Crippen LogP contribution < -0.4 is 0 Å². The number of amides is 1. The average Bonchev–Trinajstić information content (AvgIpc) is 2.62. The van der Waals surface area contributed by atoms with E-state index >= 15 is 0 Å². The molecule has 1 fully saturated rings. The summed E-state index contributed by atoms with van der Waals surface area (Å²) in [6.07, 6.45) is -4.70. The molecule has 1 aliphatic rings. The van der Waals surface area contributed by atoms with Crippen LogP contribution in [0.1, 0.15) is 12.0 Å². The topological polar surface area (TPSA) is 20.3 Å². The lowest BCUT2D eigenvalue weighted by Gasteiger charge is -2.17. The highest BCUT2D eigenvalue weighted by Gasteiger charge is 2.46. The summed E-state index contributed by atoms with van der Waals surface area (Å²) in [5, 5.41) is 0. The van der Waals surface area contributed by atoms with Gasteiger partial charge in [0.15, 0.2) is 0 Å². The zero-order valence-electron chi connectivity index (χ0n) is 9.07. The predicted molar refractivity (Wildman–Crippen MR) is 56.0 cm³/mol. The van der Waals surface area contributed by atoms with Gasteiger partial charge in [-0.05, 0) is 5.56 Å². The van der Waals surface area contributed by atoms with E-state index in [-0.39, 0.29) is 13.1 Å². The van der Waals surface area contributed by atoms with Crippen molar-refractivity contribution in [2.45, 2.75) is 19.1 Å². The van der Waals surface area contributed by atoms with E-state index in [0.717, 1.165) is 5.56 Å². The molecule has 5 heteroatoms. The molecule has 2 nitrogen and oxygen atoms in total. The Hall–Kier alpha value is -1.52. The molecule has 1 aromatic carbocycles. The number of benzene rings is 1. The molecule has 92 valence electrons. The first-order valence-corrected chi connectivity index (χ1v) is 5.35. The molecule has 1 amide bonds. The largest absolute Gasteiger partial charge is 0.394 e. The van der Waals surface area contributed by atoms with Crippen LogP contribution in [-0.2, 0) is 11.3 Å². The molecule has 0 bridgehead atoms.